The normalized spacial score (nSPS) is 10.4. The zero-order chi connectivity index (χ0) is 14.1. The van der Waals surface area contributed by atoms with Crippen molar-refractivity contribution < 1.29 is 4.39 Å². The van der Waals surface area contributed by atoms with Crippen LogP contribution in [0.25, 0.3) is 10.2 Å². The summed E-state index contributed by atoms with van der Waals surface area (Å²) < 4.78 is 14.3. The standard InChI is InChI=1S/C14H7ClFN3S/c15-9-1-2-12-13(5-9)20-14(19-12)18-11-4-8(7-17)3-10(16)6-11/h1-6H,(H,18,19). The highest BCUT2D eigenvalue weighted by Crippen LogP contribution is 2.30. The molecule has 0 saturated carbocycles. The molecule has 98 valence electrons. The molecule has 0 atom stereocenters. The van der Waals surface area contributed by atoms with E-state index >= 15 is 0 Å². The molecule has 0 aliphatic rings. The second-order valence-electron chi connectivity index (χ2n) is 4.10. The van der Waals surface area contributed by atoms with Crippen LogP contribution in [0.2, 0.25) is 5.02 Å². The maximum atomic E-state index is 13.3. The third-order valence-electron chi connectivity index (χ3n) is 2.63. The lowest BCUT2D eigenvalue weighted by atomic mass is 10.2. The van der Waals surface area contributed by atoms with E-state index in [0.717, 1.165) is 10.2 Å². The Kier molecular flexibility index (Phi) is 3.26. The highest BCUT2D eigenvalue weighted by Gasteiger charge is 2.06. The molecule has 0 spiro atoms. The number of hydrogen-bond acceptors (Lipinski definition) is 4. The number of fused-ring (bicyclic) bond motifs is 1. The first-order chi connectivity index (χ1) is 9.64. The van der Waals surface area contributed by atoms with Crippen LogP contribution in [-0.4, -0.2) is 4.98 Å². The molecular formula is C14H7ClFN3S. The lowest BCUT2D eigenvalue weighted by Crippen LogP contribution is -1.91. The molecule has 3 rings (SSSR count). The van der Waals surface area contributed by atoms with Gasteiger partial charge in [-0.25, -0.2) is 9.37 Å². The Morgan fingerprint density at radius 2 is 2.10 bits per heavy atom. The van der Waals surface area contributed by atoms with Crippen LogP contribution in [0.1, 0.15) is 5.56 Å². The van der Waals surface area contributed by atoms with Gasteiger partial charge in [0.1, 0.15) is 5.82 Å². The fourth-order valence-corrected chi connectivity index (χ4v) is 2.96. The maximum Gasteiger partial charge on any atom is 0.188 e. The van der Waals surface area contributed by atoms with Gasteiger partial charge in [-0.3, -0.25) is 0 Å². The van der Waals surface area contributed by atoms with Gasteiger partial charge in [0.05, 0.1) is 21.8 Å². The molecule has 0 aliphatic heterocycles. The fraction of sp³-hybridized carbons (Fsp3) is 0. The first-order valence-corrected chi connectivity index (χ1v) is 6.87. The summed E-state index contributed by atoms with van der Waals surface area (Å²) in [4.78, 5) is 4.38. The van der Waals surface area contributed by atoms with E-state index in [2.05, 4.69) is 10.3 Å². The number of nitrogens with one attached hydrogen (secondary N) is 1. The molecule has 0 saturated heterocycles. The van der Waals surface area contributed by atoms with E-state index in [1.807, 2.05) is 18.2 Å². The van der Waals surface area contributed by atoms with Gasteiger partial charge >= 0.3 is 0 Å². The highest BCUT2D eigenvalue weighted by atomic mass is 35.5. The van der Waals surface area contributed by atoms with Crippen molar-refractivity contribution in [2.45, 2.75) is 0 Å². The first-order valence-electron chi connectivity index (χ1n) is 5.68. The monoisotopic (exact) mass is 303 g/mol. The molecule has 0 unspecified atom stereocenters. The van der Waals surface area contributed by atoms with Crippen molar-refractivity contribution in [2.24, 2.45) is 0 Å². The zero-order valence-electron chi connectivity index (χ0n) is 10.0. The van der Waals surface area contributed by atoms with Gasteiger partial charge in [0, 0.05) is 10.7 Å². The first kappa shape index (κ1) is 12.9. The largest absolute Gasteiger partial charge is 0.331 e. The molecule has 0 radical (unpaired) electrons. The van der Waals surface area contributed by atoms with Crippen molar-refractivity contribution in [3.05, 3.63) is 52.8 Å². The summed E-state index contributed by atoms with van der Waals surface area (Å²) in [5.74, 6) is -0.462. The van der Waals surface area contributed by atoms with Crippen LogP contribution in [0.3, 0.4) is 0 Å². The molecule has 3 aromatic rings. The third kappa shape index (κ3) is 2.57. The Labute approximate surface area is 123 Å². The Balaban J connectivity index is 1.97. The van der Waals surface area contributed by atoms with Gasteiger partial charge in [0.2, 0.25) is 0 Å². The summed E-state index contributed by atoms with van der Waals surface area (Å²) >= 11 is 7.33. The van der Waals surface area contributed by atoms with Gasteiger partial charge in [-0.2, -0.15) is 5.26 Å². The van der Waals surface area contributed by atoms with Gasteiger partial charge in [0.25, 0.3) is 0 Å². The van der Waals surface area contributed by atoms with Crippen molar-refractivity contribution in [3.8, 4) is 6.07 Å². The van der Waals surface area contributed by atoms with Gasteiger partial charge < -0.3 is 5.32 Å². The molecule has 6 heteroatoms. The molecule has 1 aromatic heterocycles. The molecule has 20 heavy (non-hydrogen) atoms. The van der Waals surface area contributed by atoms with E-state index in [9.17, 15) is 4.39 Å². The number of nitriles is 1. The number of rotatable bonds is 2. The van der Waals surface area contributed by atoms with Crippen molar-refractivity contribution >= 4 is 44.0 Å². The number of benzene rings is 2. The molecule has 0 bridgehead atoms. The molecule has 1 heterocycles. The number of anilines is 2. The van der Waals surface area contributed by atoms with E-state index in [4.69, 9.17) is 16.9 Å². The minimum absolute atomic E-state index is 0.261. The zero-order valence-corrected chi connectivity index (χ0v) is 11.6. The number of aromatic nitrogens is 1. The van der Waals surface area contributed by atoms with E-state index in [1.54, 1.807) is 12.1 Å². The number of nitrogens with zero attached hydrogens (tertiary/aromatic N) is 2. The molecule has 0 aliphatic carbocycles. The van der Waals surface area contributed by atoms with Crippen LogP contribution < -0.4 is 5.32 Å². The minimum Gasteiger partial charge on any atom is -0.331 e. The second-order valence-corrected chi connectivity index (χ2v) is 5.56. The third-order valence-corrected chi connectivity index (χ3v) is 3.80. The van der Waals surface area contributed by atoms with E-state index < -0.39 is 5.82 Å². The maximum absolute atomic E-state index is 13.3. The van der Waals surface area contributed by atoms with Crippen LogP contribution in [0.5, 0.6) is 0 Å². The van der Waals surface area contributed by atoms with Crippen LogP contribution in [-0.2, 0) is 0 Å². The quantitative estimate of drug-likeness (QED) is 0.746. The Morgan fingerprint density at radius 1 is 1.25 bits per heavy atom. The smallest absolute Gasteiger partial charge is 0.188 e. The highest BCUT2D eigenvalue weighted by molar-refractivity contribution is 7.22. The lowest BCUT2D eigenvalue weighted by molar-refractivity contribution is 0.628. The van der Waals surface area contributed by atoms with Crippen molar-refractivity contribution in [1.29, 1.82) is 5.26 Å². The van der Waals surface area contributed by atoms with Crippen LogP contribution in [0, 0.1) is 17.1 Å². The lowest BCUT2D eigenvalue weighted by Gasteiger charge is -2.02. The summed E-state index contributed by atoms with van der Waals surface area (Å²) in [6.45, 7) is 0. The fourth-order valence-electron chi connectivity index (χ4n) is 1.80. The SMILES string of the molecule is N#Cc1cc(F)cc(Nc2nc3ccc(Cl)cc3s2)c1. The summed E-state index contributed by atoms with van der Waals surface area (Å²) in [7, 11) is 0. The average molecular weight is 304 g/mol. The Hall–Kier alpha value is -2.16. The molecule has 2 aromatic carbocycles. The number of hydrogen-bond donors (Lipinski definition) is 1. The van der Waals surface area contributed by atoms with Gasteiger partial charge in [-0.1, -0.05) is 22.9 Å². The van der Waals surface area contributed by atoms with Crippen molar-refractivity contribution in [3.63, 3.8) is 0 Å². The number of halogens is 2. The summed E-state index contributed by atoms with van der Waals surface area (Å²) in [6.07, 6.45) is 0. The average Bonchev–Trinajstić information content (AvgIpc) is 2.79. The van der Waals surface area contributed by atoms with Crippen molar-refractivity contribution in [2.75, 3.05) is 5.32 Å². The van der Waals surface area contributed by atoms with Crippen molar-refractivity contribution in [1.82, 2.24) is 4.98 Å². The Morgan fingerprint density at radius 3 is 2.90 bits per heavy atom. The van der Waals surface area contributed by atoms with Crippen LogP contribution in [0.15, 0.2) is 36.4 Å². The van der Waals surface area contributed by atoms with E-state index in [1.165, 1.54) is 23.5 Å². The van der Waals surface area contributed by atoms with Crippen LogP contribution in [0.4, 0.5) is 15.2 Å². The molecular weight excluding hydrogens is 297 g/mol. The van der Waals surface area contributed by atoms with E-state index in [0.29, 0.717) is 15.8 Å². The predicted octanol–water partition coefficient (Wildman–Crippen LogP) is 4.70. The minimum atomic E-state index is -0.462. The predicted molar refractivity (Wildman–Crippen MR) is 79.0 cm³/mol. The van der Waals surface area contributed by atoms with Gasteiger partial charge in [-0.15, -0.1) is 0 Å². The van der Waals surface area contributed by atoms with E-state index in [-0.39, 0.29) is 5.56 Å². The van der Waals surface area contributed by atoms with Crippen LogP contribution >= 0.6 is 22.9 Å². The molecule has 1 N–H and O–H groups in total. The second kappa shape index (κ2) is 5.08. The Bertz CT molecular complexity index is 838. The summed E-state index contributed by atoms with van der Waals surface area (Å²) in [5, 5.41) is 13.1. The van der Waals surface area contributed by atoms with Gasteiger partial charge in [0.15, 0.2) is 5.13 Å². The molecule has 0 amide bonds. The molecule has 3 nitrogen and oxygen atoms in total. The summed E-state index contributed by atoms with van der Waals surface area (Å²) in [5.41, 5.74) is 1.57. The molecule has 0 fully saturated rings. The topological polar surface area (TPSA) is 48.7 Å². The number of thiazole rings is 1. The summed E-state index contributed by atoms with van der Waals surface area (Å²) in [6, 6.07) is 11.4. The van der Waals surface area contributed by atoms with Gasteiger partial charge in [-0.05, 0) is 36.4 Å².